The molecule has 2 heterocycles. The molecule has 3 rings (SSSR count). The van der Waals surface area contributed by atoms with Crippen LogP contribution in [0.3, 0.4) is 0 Å². The number of hydrogen-bond donors (Lipinski definition) is 2. The average Bonchev–Trinajstić information content (AvgIpc) is 3.00. The summed E-state index contributed by atoms with van der Waals surface area (Å²) in [7, 11) is 3.46. The summed E-state index contributed by atoms with van der Waals surface area (Å²) in [6, 6.07) is 7.29. The highest BCUT2D eigenvalue weighted by Gasteiger charge is 2.24. The molecule has 0 saturated carbocycles. The van der Waals surface area contributed by atoms with Gasteiger partial charge in [-0.1, -0.05) is 6.07 Å². The first-order valence-corrected chi connectivity index (χ1v) is 9.39. The number of anilines is 1. The Kier molecular flexibility index (Phi) is 6.14. The minimum absolute atomic E-state index is 0.139. The van der Waals surface area contributed by atoms with Crippen LogP contribution in [-0.4, -0.2) is 39.3 Å². The maximum Gasteiger partial charge on any atom is 0.280 e. The van der Waals surface area contributed by atoms with Gasteiger partial charge in [0.15, 0.2) is 0 Å². The Bertz CT molecular complexity index is 1070. The second kappa shape index (κ2) is 8.45. The molecule has 0 aliphatic heterocycles. The number of nitrogens with one attached hydrogen (secondary N) is 1. The number of benzene rings is 1. The fourth-order valence-electron chi connectivity index (χ4n) is 3.20. The first kappa shape index (κ1) is 21.8. The number of halogens is 2. The maximum atomic E-state index is 12.9. The van der Waals surface area contributed by atoms with Gasteiger partial charge in [0, 0.05) is 31.8 Å². The molecule has 30 heavy (non-hydrogen) atoms. The van der Waals surface area contributed by atoms with E-state index in [4.69, 9.17) is 4.74 Å². The van der Waals surface area contributed by atoms with E-state index in [9.17, 15) is 18.7 Å². The van der Waals surface area contributed by atoms with Gasteiger partial charge in [-0.2, -0.15) is 0 Å². The topological polar surface area (TPSA) is 89.3 Å². The normalized spacial score (nSPS) is 12.0. The number of nitrogens with zero attached hydrogens (tertiary/aromatic N) is 3. The third-order valence-corrected chi connectivity index (χ3v) is 4.78. The van der Waals surface area contributed by atoms with Gasteiger partial charge in [-0.05, 0) is 38.1 Å². The molecule has 0 saturated heterocycles. The number of aliphatic hydroxyl groups is 1. The van der Waals surface area contributed by atoms with Crippen LogP contribution < -0.4 is 5.32 Å². The molecule has 7 nitrogen and oxygen atoms in total. The number of alkyl halides is 2. The van der Waals surface area contributed by atoms with Crippen LogP contribution in [0.1, 0.15) is 47.8 Å². The predicted octanol–water partition coefficient (Wildman–Crippen LogP) is 3.57. The molecule has 1 amide bonds. The molecule has 2 N–H and O–H groups in total. The number of carbonyl (C=O) groups is 1. The lowest BCUT2D eigenvalue weighted by atomic mass is 9.95. The molecule has 0 radical (unpaired) electrons. The Labute approximate surface area is 172 Å². The molecule has 160 valence electrons. The monoisotopic (exact) mass is 418 g/mol. The zero-order valence-electron chi connectivity index (χ0n) is 17.2. The number of ether oxygens (including phenoxy) is 1. The summed E-state index contributed by atoms with van der Waals surface area (Å²) < 4.78 is 32.8. The van der Waals surface area contributed by atoms with Crippen LogP contribution in [0.15, 0.2) is 30.3 Å². The molecule has 0 bridgehead atoms. The fourth-order valence-corrected chi connectivity index (χ4v) is 3.20. The van der Waals surface area contributed by atoms with Crippen molar-refractivity contribution in [3.63, 3.8) is 0 Å². The SMILES string of the molecule is COCCc1nc2cc(C(C)(C)O)c(NC(=O)c3cccc(C(F)F)n3)cc2n1C. The standard InChI is InChI=1S/C21H24F2N4O3/c1-21(2,29)12-10-16-17(27(3)18(25-16)8-9-30-4)11-15(12)26-20(28)14-7-5-6-13(24-14)19(22)23/h5-7,10-11,19,29H,8-9H2,1-4H3,(H,26,28). The molecule has 0 spiro atoms. The lowest BCUT2D eigenvalue weighted by Gasteiger charge is -2.22. The van der Waals surface area contributed by atoms with Crippen molar-refractivity contribution in [3.8, 4) is 0 Å². The second-order valence-corrected chi connectivity index (χ2v) is 7.48. The molecular formula is C21H24F2N4O3. The summed E-state index contributed by atoms with van der Waals surface area (Å²) >= 11 is 0. The molecule has 0 fully saturated rings. The number of imidazole rings is 1. The number of carbonyl (C=O) groups excluding carboxylic acids is 1. The number of amides is 1. The van der Waals surface area contributed by atoms with Crippen molar-refractivity contribution in [2.45, 2.75) is 32.3 Å². The van der Waals surface area contributed by atoms with Crippen molar-refractivity contribution in [1.82, 2.24) is 14.5 Å². The minimum atomic E-state index is -2.78. The fraction of sp³-hybridized carbons (Fsp3) is 0.381. The summed E-state index contributed by atoms with van der Waals surface area (Å²) in [4.78, 5) is 21.0. The van der Waals surface area contributed by atoms with Crippen molar-refractivity contribution in [1.29, 1.82) is 0 Å². The lowest BCUT2D eigenvalue weighted by Crippen LogP contribution is -2.21. The maximum absolute atomic E-state index is 12.9. The number of methoxy groups -OCH3 is 1. The van der Waals surface area contributed by atoms with E-state index in [2.05, 4.69) is 15.3 Å². The molecular weight excluding hydrogens is 394 g/mol. The highest BCUT2D eigenvalue weighted by Crippen LogP contribution is 2.32. The number of rotatable bonds is 7. The van der Waals surface area contributed by atoms with Crippen LogP contribution >= 0.6 is 0 Å². The second-order valence-electron chi connectivity index (χ2n) is 7.48. The molecule has 2 aromatic heterocycles. The summed E-state index contributed by atoms with van der Waals surface area (Å²) in [5, 5.41) is 13.3. The molecule has 0 aliphatic rings. The zero-order valence-corrected chi connectivity index (χ0v) is 17.2. The number of aromatic nitrogens is 3. The summed E-state index contributed by atoms with van der Waals surface area (Å²) in [5.74, 6) is 0.146. The average molecular weight is 418 g/mol. The quantitative estimate of drug-likeness (QED) is 0.612. The molecule has 3 aromatic rings. The van der Waals surface area contributed by atoms with Gasteiger partial charge in [-0.25, -0.2) is 18.7 Å². The van der Waals surface area contributed by atoms with Gasteiger partial charge in [0.25, 0.3) is 12.3 Å². The molecule has 9 heteroatoms. The summed E-state index contributed by atoms with van der Waals surface area (Å²) in [6.07, 6.45) is -2.17. The van der Waals surface area contributed by atoms with Crippen molar-refractivity contribution in [3.05, 3.63) is 53.1 Å². The van der Waals surface area contributed by atoms with E-state index in [-0.39, 0.29) is 5.69 Å². The van der Waals surface area contributed by atoms with E-state index in [1.807, 2.05) is 11.6 Å². The van der Waals surface area contributed by atoms with Crippen LogP contribution in [0.2, 0.25) is 0 Å². The van der Waals surface area contributed by atoms with Gasteiger partial charge in [0.05, 0.1) is 23.2 Å². The molecule has 0 unspecified atom stereocenters. The summed E-state index contributed by atoms with van der Waals surface area (Å²) in [5.41, 5.74) is 0.320. The van der Waals surface area contributed by atoms with Crippen molar-refractivity contribution >= 4 is 22.6 Å². The highest BCUT2D eigenvalue weighted by atomic mass is 19.3. The largest absolute Gasteiger partial charge is 0.386 e. The van der Waals surface area contributed by atoms with Crippen LogP contribution in [0, 0.1) is 0 Å². The van der Waals surface area contributed by atoms with Gasteiger partial charge >= 0.3 is 0 Å². The highest BCUT2D eigenvalue weighted by molar-refractivity contribution is 6.04. The number of hydrogen-bond acceptors (Lipinski definition) is 5. The number of fused-ring (bicyclic) bond motifs is 1. The predicted molar refractivity (Wildman–Crippen MR) is 109 cm³/mol. The number of pyridine rings is 1. The Hall–Kier alpha value is -2.91. The van der Waals surface area contributed by atoms with Gasteiger partial charge in [-0.15, -0.1) is 0 Å². The Morgan fingerprint density at radius 3 is 2.67 bits per heavy atom. The van der Waals surface area contributed by atoms with Crippen molar-refractivity contribution in [2.24, 2.45) is 7.05 Å². The molecule has 0 atom stereocenters. The zero-order chi connectivity index (χ0) is 22.1. The smallest absolute Gasteiger partial charge is 0.280 e. The van der Waals surface area contributed by atoms with Crippen LogP contribution in [0.25, 0.3) is 11.0 Å². The van der Waals surface area contributed by atoms with Crippen molar-refractivity contribution < 1.29 is 23.4 Å². The Balaban J connectivity index is 2.03. The van der Waals surface area contributed by atoms with E-state index < -0.39 is 23.6 Å². The summed E-state index contributed by atoms with van der Waals surface area (Å²) in [6.45, 7) is 3.69. The van der Waals surface area contributed by atoms with Crippen LogP contribution in [-0.2, 0) is 23.8 Å². The van der Waals surface area contributed by atoms with Crippen molar-refractivity contribution in [2.75, 3.05) is 19.0 Å². The Morgan fingerprint density at radius 1 is 1.30 bits per heavy atom. The van der Waals surface area contributed by atoms with Gasteiger partial charge in [-0.3, -0.25) is 4.79 Å². The minimum Gasteiger partial charge on any atom is -0.386 e. The van der Waals surface area contributed by atoms with E-state index >= 15 is 0 Å². The van der Waals surface area contributed by atoms with Crippen LogP contribution in [0.5, 0.6) is 0 Å². The molecule has 0 aliphatic carbocycles. The Morgan fingerprint density at radius 2 is 2.03 bits per heavy atom. The third kappa shape index (κ3) is 4.47. The van der Waals surface area contributed by atoms with E-state index in [1.54, 1.807) is 33.1 Å². The van der Waals surface area contributed by atoms with E-state index in [1.165, 1.54) is 12.1 Å². The number of aryl methyl sites for hydroxylation is 1. The first-order valence-electron chi connectivity index (χ1n) is 9.39. The third-order valence-electron chi connectivity index (χ3n) is 4.78. The van der Waals surface area contributed by atoms with Gasteiger partial charge in [0.1, 0.15) is 17.2 Å². The van der Waals surface area contributed by atoms with Crippen LogP contribution in [0.4, 0.5) is 14.5 Å². The van der Waals surface area contributed by atoms with E-state index in [0.29, 0.717) is 29.8 Å². The molecule has 1 aromatic carbocycles. The first-order chi connectivity index (χ1) is 14.1. The van der Waals surface area contributed by atoms with Gasteiger partial charge < -0.3 is 19.7 Å². The van der Waals surface area contributed by atoms with E-state index in [0.717, 1.165) is 17.4 Å². The van der Waals surface area contributed by atoms with Gasteiger partial charge in [0.2, 0.25) is 0 Å². The lowest BCUT2D eigenvalue weighted by molar-refractivity contribution is 0.0793.